The number of hydrogen-bond acceptors (Lipinski definition) is 4. The molecule has 0 aromatic carbocycles. The van der Waals surface area contributed by atoms with Crippen molar-refractivity contribution in [1.29, 1.82) is 0 Å². The van der Waals surface area contributed by atoms with Crippen molar-refractivity contribution in [3.05, 3.63) is 0 Å². The van der Waals surface area contributed by atoms with Gasteiger partial charge in [-0.1, -0.05) is 0 Å². The van der Waals surface area contributed by atoms with Crippen LogP contribution in [0.2, 0.25) is 0 Å². The smallest absolute Gasteiger partial charge is 0.409 e. The topological polar surface area (TPSA) is 83.9 Å². The molecule has 0 radical (unpaired) electrons. The van der Waals surface area contributed by atoms with Crippen LogP contribution < -0.4 is 0 Å². The van der Waals surface area contributed by atoms with Gasteiger partial charge in [0.1, 0.15) is 0 Å². The molecule has 1 aliphatic rings. The van der Waals surface area contributed by atoms with Gasteiger partial charge in [-0.3, -0.25) is 4.90 Å². The quantitative estimate of drug-likeness (QED) is 0.650. The van der Waals surface area contributed by atoms with Crippen LogP contribution in [0.1, 0.15) is 12.8 Å². The minimum atomic E-state index is -3.58. The van der Waals surface area contributed by atoms with Gasteiger partial charge in [0.2, 0.25) is 0 Å². The highest BCUT2D eigenvalue weighted by Gasteiger charge is 2.31. The van der Waals surface area contributed by atoms with Crippen LogP contribution in [0.15, 0.2) is 0 Å². The van der Waals surface area contributed by atoms with Crippen LogP contribution in [0.5, 0.6) is 0 Å². The molecule has 1 unspecified atom stereocenters. The fourth-order valence-corrected chi connectivity index (χ4v) is 1.86. The van der Waals surface area contributed by atoms with Crippen molar-refractivity contribution in [1.82, 2.24) is 4.90 Å². The molecule has 1 heterocycles. The summed E-state index contributed by atoms with van der Waals surface area (Å²) in [6.07, 6.45) is -0.0179. The predicted octanol–water partition coefficient (Wildman–Crippen LogP) is 0.0625. The van der Waals surface area contributed by atoms with E-state index in [9.17, 15) is 13.2 Å². The molecule has 1 saturated heterocycles. The van der Waals surface area contributed by atoms with E-state index in [1.807, 2.05) is 0 Å². The van der Waals surface area contributed by atoms with Crippen molar-refractivity contribution in [3.8, 4) is 0 Å². The number of nitrogens with zero attached hydrogens (tertiary/aromatic N) is 1. The standard InChI is InChI=1S/C6H11NO5S/c1-13(10,11)12-5-3-2-4-7(5)6(8)9/h5H,2-4H2,1H3,(H,8,9). The van der Waals surface area contributed by atoms with E-state index in [1.165, 1.54) is 0 Å². The van der Waals surface area contributed by atoms with Gasteiger partial charge in [0.05, 0.1) is 6.26 Å². The molecular weight excluding hydrogens is 198 g/mol. The van der Waals surface area contributed by atoms with Crippen molar-refractivity contribution >= 4 is 16.2 Å². The van der Waals surface area contributed by atoms with Crippen molar-refractivity contribution < 1.29 is 22.5 Å². The lowest BCUT2D eigenvalue weighted by Crippen LogP contribution is -2.37. The van der Waals surface area contributed by atoms with Gasteiger partial charge in [0.15, 0.2) is 6.23 Å². The molecule has 0 bridgehead atoms. The molecule has 1 atom stereocenters. The van der Waals surface area contributed by atoms with Crippen molar-refractivity contribution in [3.63, 3.8) is 0 Å². The summed E-state index contributed by atoms with van der Waals surface area (Å²) in [4.78, 5) is 11.5. The number of carboxylic acid groups (broad SMARTS) is 1. The Hall–Kier alpha value is -0.820. The molecule has 1 amide bonds. The minimum Gasteiger partial charge on any atom is -0.465 e. The normalized spacial score (nSPS) is 23.5. The summed E-state index contributed by atoms with van der Waals surface area (Å²) >= 11 is 0. The first-order valence-electron chi connectivity index (χ1n) is 3.78. The van der Waals surface area contributed by atoms with Gasteiger partial charge >= 0.3 is 6.09 Å². The second-order valence-electron chi connectivity index (χ2n) is 2.87. The van der Waals surface area contributed by atoms with Gasteiger partial charge in [0.25, 0.3) is 10.1 Å². The molecule has 7 heteroatoms. The third kappa shape index (κ3) is 2.85. The molecule has 1 N–H and O–H groups in total. The lowest BCUT2D eigenvalue weighted by Gasteiger charge is -2.19. The van der Waals surface area contributed by atoms with Gasteiger partial charge in [-0.05, 0) is 12.8 Å². The lowest BCUT2D eigenvalue weighted by atomic mass is 10.4. The highest BCUT2D eigenvalue weighted by atomic mass is 32.2. The zero-order valence-corrected chi connectivity index (χ0v) is 7.95. The van der Waals surface area contributed by atoms with Crippen molar-refractivity contribution in [2.24, 2.45) is 0 Å². The maximum Gasteiger partial charge on any atom is 0.409 e. The Morgan fingerprint density at radius 1 is 1.62 bits per heavy atom. The Bertz CT molecular complexity index is 298. The Labute approximate surface area is 76.2 Å². The number of rotatable bonds is 2. The maximum atomic E-state index is 10.7. The first kappa shape index (κ1) is 10.3. The van der Waals surface area contributed by atoms with Crippen LogP contribution in [0.25, 0.3) is 0 Å². The second kappa shape index (κ2) is 3.51. The van der Waals surface area contributed by atoms with Gasteiger partial charge < -0.3 is 5.11 Å². The Kier molecular flexibility index (Phi) is 2.77. The van der Waals surface area contributed by atoms with Crippen LogP contribution in [-0.4, -0.2) is 43.5 Å². The first-order chi connectivity index (χ1) is 5.90. The van der Waals surface area contributed by atoms with Gasteiger partial charge in [0, 0.05) is 6.54 Å². The molecule has 1 rings (SSSR count). The SMILES string of the molecule is CS(=O)(=O)OC1CCCN1C(=O)O. The Balaban J connectivity index is 2.64. The fourth-order valence-electron chi connectivity index (χ4n) is 1.26. The average Bonchev–Trinajstić information content (AvgIpc) is 2.31. The number of hydrogen-bond donors (Lipinski definition) is 1. The number of likely N-dealkylation sites (tertiary alicyclic amines) is 1. The van der Waals surface area contributed by atoms with Crippen LogP contribution in [0, 0.1) is 0 Å². The van der Waals surface area contributed by atoms with E-state index in [1.54, 1.807) is 0 Å². The van der Waals surface area contributed by atoms with Crippen LogP contribution >= 0.6 is 0 Å². The average molecular weight is 209 g/mol. The van der Waals surface area contributed by atoms with Gasteiger partial charge in [-0.25, -0.2) is 8.98 Å². The molecule has 6 nitrogen and oxygen atoms in total. The van der Waals surface area contributed by atoms with E-state index in [0.717, 1.165) is 11.2 Å². The summed E-state index contributed by atoms with van der Waals surface area (Å²) in [7, 11) is -3.58. The van der Waals surface area contributed by atoms with Gasteiger partial charge in [-0.15, -0.1) is 0 Å². The summed E-state index contributed by atoms with van der Waals surface area (Å²) in [6, 6.07) is 0. The lowest BCUT2D eigenvalue weighted by molar-refractivity contribution is 0.0634. The fraction of sp³-hybridized carbons (Fsp3) is 0.833. The zero-order valence-electron chi connectivity index (χ0n) is 7.13. The third-order valence-corrected chi connectivity index (χ3v) is 2.30. The summed E-state index contributed by atoms with van der Waals surface area (Å²) < 4.78 is 26.0. The van der Waals surface area contributed by atoms with E-state index >= 15 is 0 Å². The van der Waals surface area contributed by atoms with E-state index < -0.39 is 22.4 Å². The Morgan fingerprint density at radius 2 is 2.23 bits per heavy atom. The monoisotopic (exact) mass is 209 g/mol. The van der Waals surface area contributed by atoms with E-state index in [2.05, 4.69) is 4.18 Å². The molecule has 0 aromatic heterocycles. The summed E-state index contributed by atoms with van der Waals surface area (Å²) in [6.45, 7) is 0.329. The molecule has 0 aliphatic carbocycles. The predicted molar refractivity (Wildman–Crippen MR) is 43.7 cm³/mol. The van der Waals surface area contributed by atoms with E-state index in [0.29, 0.717) is 19.4 Å². The number of amides is 1. The van der Waals surface area contributed by atoms with Crippen LogP contribution in [0.3, 0.4) is 0 Å². The van der Waals surface area contributed by atoms with Crippen LogP contribution in [0.4, 0.5) is 4.79 Å². The highest BCUT2D eigenvalue weighted by Crippen LogP contribution is 2.19. The van der Waals surface area contributed by atoms with E-state index in [-0.39, 0.29) is 0 Å². The molecule has 0 spiro atoms. The minimum absolute atomic E-state index is 0.329. The molecule has 1 fully saturated rings. The zero-order chi connectivity index (χ0) is 10.1. The summed E-state index contributed by atoms with van der Waals surface area (Å²) in [5, 5.41) is 8.63. The van der Waals surface area contributed by atoms with E-state index in [4.69, 9.17) is 5.11 Å². The molecule has 13 heavy (non-hydrogen) atoms. The summed E-state index contributed by atoms with van der Waals surface area (Å²) in [5.41, 5.74) is 0. The Morgan fingerprint density at radius 3 is 2.69 bits per heavy atom. The molecular formula is C6H11NO5S. The molecule has 0 saturated carbocycles. The maximum absolute atomic E-state index is 10.7. The first-order valence-corrected chi connectivity index (χ1v) is 5.59. The third-order valence-electron chi connectivity index (χ3n) is 1.73. The van der Waals surface area contributed by atoms with Crippen molar-refractivity contribution in [2.75, 3.05) is 12.8 Å². The van der Waals surface area contributed by atoms with Crippen molar-refractivity contribution in [2.45, 2.75) is 19.1 Å². The summed E-state index contributed by atoms with van der Waals surface area (Å²) in [5.74, 6) is 0. The molecule has 76 valence electrons. The largest absolute Gasteiger partial charge is 0.465 e. The molecule has 0 aromatic rings. The second-order valence-corrected chi connectivity index (χ2v) is 4.47. The highest BCUT2D eigenvalue weighted by molar-refractivity contribution is 7.86. The number of carbonyl (C=O) groups is 1. The molecule has 1 aliphatic heterocycles. The van der Waals surface area contributed by atoms with Gasteiger partial charge in [-0.2, -0.15) is 8.42 Å². The van der Waals surface area contributed by atoms with Crippen LogP contribution in [-0.2, 0) is 14.3 Å².